The van der Waals surface area contributed by atoms with E-state index >= 15 is 0 Å². The maximum absolute atomic E-state index is 11.9. The molecular weight excluding hydrogens is 325 g/mol. The largest absolute Gasteiger partial charge is 0.507 e. The molecule has 0 saturated heterocycles. The van der Waals surface area contributed by atoms with E-state index in [1.165, 1.54) is 6.08 Å². The van der Waals surface area contributed by atoms with Crippen molar-refractivity contribution in [2.24, 2.45) is 0 Å². The standard InChI is InChI=1S/C16H9Cl2NO3/c17-9-5-6-15-12(7-9)19-13(16(21)22-15)8-14(20)10-3-1-2-4-11(10)18/h1-8,20H. The van der Waals surface area contributed by atoms with E-state index in [0.717, 1.165) is 0 Å². The van der Waals surface area contributed by atoms with E-state index in [2.05, 4.69) is 4.98 Å². The molecule has 0 bridgehead atoms. The van der Waals surface area contributed by atoms with E-state index in [1.54, 1.807) is 42.5 Å². The van der Waals surface area contributed by atoms with Crippen molar-refractivity contribution < 1.29 is 9.52 Å². The summed E-state index contributed by atoms with van der Waals surface area (Å²) in [4.78, 5) is 16.1. The second-order valence-electron chi connectivity index (χ2n) is 4.51. The monoisotopic (exact) mass is 333 g/mol. The predicted octanol–water partition coefficient (Wildman–Crippen LogP) is 4.55. The zero-order chi connectivity index (χ0) is 15.7. The number of nitrogens with zero attached hydrogens (tertiary/aromatic N) is 1. The topological polar surface area (TPSA) is 63.3 Å². The Balaban J connectivity index is 2.14. The third kappa shape index (κ3) is 2.84. The van der Waals surface area contributed by atoms with Crippen LogP contribution in [0.2, 0.25) is 10.0 Å². The summed E-state index contributed by atoms with van der Waals surface area (Å²) in [6.07, 6.45) is 1.22. The number of halogens is 2. The van der Waals surface area contributed by atoms with Crippen molar-refractivity contribution in [3.8, 4) is 0 Å². The summed E-state index contributed by atoms with van der Waals surface area (Å²) in [6, 6.07) is 11.5. The van der Waals surface area contributed by atoms with Crippen molar-refractivity contribution in [3.63, 3.8) is 0 Å². The molecule has 0 saturated carbocycles. The molecule has 1 heterocycles. The van der Waals surface area contributed by atoms with Gasteiger partial charge < -0.3 is 9.52 Å². The molecule has 0 radical (unpaired) electrons. The first-order chi connectivity index (χ1) is 10.5. The lowest BCUT2D eigenvalue weighted by Gasteiger charge is -2.03. The lowest BCUT2D eigenvalue weighted by atomic mass is 10.1. The van der Waals surface area contributed by atoms with Crippen LogP contribution in [-0.2, 0) is 0 Å². The molecule has 0 aliphatic heterocycles. The van der Waals surface area contributed by atoms with Gasteiger partial charge in [0.1, 0.15) is 11.3 Å². The normalized spacial score (nSPS) is 11.8. The fourth-order valence-electron chi connectivity index (χ4n) is 1.96. The van der Waals surface area contributed by atoms with E-state index < -0.39 is 5.63 Å². The molecule has 0 amide bonds. The van der Waals surface area contributed by atoms with Gasteiger partial charge in [-0.25, -0.2) is 9.78 Å². The molecule has 3 rings (SSSR count). The summed E-state index contributed by atoms with van der Waals surface area (Å²) in [7, 11) is 0. The molecule has 0 aliphatic carbocycles. The number of hydrogen-bond acceptors (Lipinski definition) is 4. The van der Waals surface area contributed by atoms with Crippen LogP contribution in [0.5, 0.6) is 0 Å². The zero-order valence-electron chi connectivity index (χ0n) is 11.1. The number of benzene rings is 2. The Kier molecular flexibility index (Phi) is 3.88. The molecule has 1 aromatic heterocycles. The first-order valence-corrected chi connectivity index (χ1v) is 7.06. The van der Waals surface area contributed by atoms with E-state index in [9.17, 15) is 9.90 Å². The molecule has 1 N–H and O–H groups in total. The van der Waals surface area contributed by atoms with Crippen molar-refractivity contribution in [1.82, 2.24) is 4.98 Å². The van der Waals surface area contributed by atoms with Crippen molar-refractivity contribution in [2.45, 2.75) is 0 Å². The van der Waals surface area contributed by atoms with Crippen LogP contribution in [0.1, 0.15) is 11.3 Å². The molecule has 3 aromatic rings. The summed E-state index contributed by atoms with van der Waals surface area (Å²) in [5.74, 6) is -0.174. The minimum Gasteiger partial charge on any atom is -0.507 e. The van der Waals surface area contributed by atoms with Crippen LogP contribution in [0.3, 0.4) is 0 Å². The maximum atomic E-state index is 11.9. The van der Waals surface area contributed by atoms with Crippen LogP contribution in [0.25, 0.3) is 22.9 Å². The Morgan fingerprint density at radius 1 is 1.18 bits per heavy atom. The molecule has 0 unspecified atom stereocenters. The van der Waals surface area contributed by atoms with Gasteiger partial charge in [0.25, 0.3) is 0 Å². The lowest BCUT2D eigenvalue weighted by molar-refractivity contribution is 0.514. The quantitative estimate of drug-likeness (QED) is 0.698. The Hall–Kier alpha value is -2.30. The minimum atomic E-state index is -0.659. The van der Waals surface area contributed by atoms with Crippen molar-refractivity contribution in [3.05, 3.63) is 74.2 Å². The molecule has 0 spiro atoms. The summed E-state index contributed by atoms with van der Waals surface area (Å²) in [5.41, 5.74) is 0.450. The fourth-order valence-corrected chi connectivity index (χ4v) is 2.36. The van der Waals surface area contributed by atoms with E-state index in [1.807, 2.05) is 0 Å². The van der Waals surface area contributed by atoms with Crippen molar-refractivity contribution in [1.29, 1.82) is 0 Å². The molecule has 4 nitrogen and oxygen atoms in total. The highest BCUT2D eigenvalue weighted by Crippen LogP contribution is 2.23. The van der Waals surface area contributed by atoms with E-state index in [0.29, 0.717) is 26.7 Å². The maximum Gasteiger partial charge on any atom is 0.362 e. The van der Waals surface area contributed by atoms with Gasteiger partial charge in [0.05, 0.1) is 5.02 Å². The number of hydrogen-bond donors (Lipinski definition) is 1. The average Bonchev–Trinajstić information content (AvgIpc) is 2.49. The number of aliphatic hydroxyl groups excluding tert-OH is 1. The SMILES string of the molecule is O=c1oc2ccc(Cl)cc2nc1C=C(O)c1ccccc1Cl. The van der Waals surface area contributed by atoms with Crippen LogP contribution in [-0.4, -0.2) is 10.1 Å². The third-order valence-corrected chi connectivity index (χ3v) is 3.56. The Bertz CT molecular complexity index is 948. The lowest BCUT2D eigenvalue weighted by Crippen LogP contribution is -2.06. The number of rotatable bonds is 2. The Morgan fingerprint density at radius 3 is 2.73 bits per heavy atom. The highest BCUT2D eigenvalue weighted by atomic mass is 35.5. The second kappa shape index (κ2) is 5.83. The Labute approximate surface area is 135 Å². The fraction of sp³-hybridized carbons (Fsp3) is 0. The number of aliphatic hydroxyl groups is 1. The van der Waals surface area contributed by atoms with E-state index in [4.69, 9.17) is 27.6 Å². The molecule has 6 heteroatoms. The van der Waals surface area contributed by atoms with Crippen LogP contribution in [0.4, 0.5) is 0 Å². The van der Waals surface area contributed by atoms with Crippen LogP contribution >= 0.6 is 23.2 Å². The summed E-state index contributed by atoms with van der Waals surface area (Å²) in [5, 5.41) is 11.0. The third-order valence-electron chi connectivity index (χ3n) is 3.00. The predicted molar refractivity (Wildman–Crippen MR) is 87.2 cm³/mol. The van der Waals surface area contributed by atoms with E-state index in [-0.39, 0.29) is 11.5 Å². The minimum absolute atomic E-state index is 0.0350. The highest BCUT2D eigenvalue weighted by Gasteiger charge is 2.09. The van der Waals surface area contributed by atoms with Gasteiger partial charge in [0.15, 0.2) is 11.3 Å². The van der Waals surface area contributed by atoms with Crippen LogP contribution in [0, 0.1) is 0 Å². The van der Waals surface area contributed by atoms with Crippen LogP contribution in [0.15, 0.2) is 51.7 Å². The molecule has 0 aliphatic rings. The van der Waals surface area contributed by atoms with Crippen molar-refractivity contribution in [2.75, 3.05) is 0 Å². The summed E-state index contributed by atoms with van der Waals surface area (Å²) < 4.78 is 5.15. The van der Waals surface area contributed by atoms with Gasteiger partial charge in [-0.3, -0.25) is 0 Å². The van der Waals surface area contributed by atoms with Crippen LogP contribution < -0.4 is 5.63 Å². The molecule has 22 heavy (non-hydrogen) atoms. The molecular formula is C16H9Cl2NO3. The summed E-state index contributed by atoms with van der Waals surface area (Å²) in [6.45, 7) is 0. The smallest absolute Gasteiger partial charge is 0.362 e. The number of aromatic nitrogens is 1. The molecule has 110 valence electrons. The number of fused-ring (bicyclic) bond motifs is 1. The Morgan fingerprint density at radius 2 is 1.95 bits per heavy atom. The van der Waals surface area contributed by atoms with Gasteiger partial charge in [-0.2, -0.15) is 0 Å². The van der Waals surface area contributed by atoms with Gasteiger partial charge in [-0.15, -0.1) is 0 Å². The molecule has 0 fully saturated rings. The molecule has 0 atom stereocenters. The van der Waals surface area contributed by atoms with Gasteiger partial charge in [0.2, 0.25) is 0 Å². The first kappa shape index (κ1) is 14.6. The second-order valence-corrected chi connectivity index (χ2v) is 5.35. The van der Waals surface area contributed by atoms with Gasteiger partial charge in [-0.1, -0.05) is 35.3 Å². The van der Waals surface area contributed by atoms with Gasteiger partial charge in [0, 0.05) is 16.7 Å². The van der Waals surface area contributed by atoms with Gasteiger partial charge in [-0.05, 0) is 30.3 Å². The first-order valence-electron chi connectivity index (χ1n) is 6.30. The molecule has 2 aromatic carbocycles. The van der Waals surface area contributed by atoms with Crippen molar-refractivity contribution >= 4 is 46.1 Å². The zero-order valence-corrected chi connectivity index (χ0v) is 12.6. The summed E-state index contributed by atoms with van der Waals surface area (Å²) >= 11 is 11.9. The average molecular weight is 334 g/mol. The highest BCUT2D eigenvalue weighted by molar-refractivity contribution is 6.32. The van der Waals surface area contributed by atoms with Gasteiger partial charge >= 0.3 is 5.63 Å².